The molecule has 0 fully saturated rings. The third-order valence-electron chi connectivity index (χ3n) is 2.27. The lowest BCUT2D eigenvalue weighted by Crippen LogP contribution is -2.12. The van der Waals surface area contributed by atoms with Crippen molar-refractivity contribution in [2.75, 3.05) is 18.5 Å². The summed E-state index contributed by atoms with van der Waals surface area (Å²) in [5.41, 5.74) is 0.992. The van der Waals surface area contributed by atoms with Crippen molar-refractivity contribution >= 4 is 23.2 Å². The number of nitrogens with zero attached hydrogens (tertiary/aromatic N) is 1. The van der Waals surface area contributed by atoms with Gasteiger partial charge >= 0.3 is 0 Å². The molecule has 1 aromatic carbocycles. The Morgan fingerprint density at radius 2 is 2.33 bits per heavy atom. The lowest BCUT2D eigenvalue weighted by atomic mass is 10.2. The minimum atomic E-state index is -0.110. The second kappa shape index (κ2) is 7.70. The van der Waals surface area contributed by atoms with Gasteiger partial charge in [0.15, 0.2) is 0 Å². The van der Waals surface area contributed by atoms with Crippen molar-refractivity contribution < 1.29 is 9.53 Å². The van der Waals surface area contributed by atoms with E-state index in [-0.39, 0.29) is 5.91 Å². The van der Waals surface area contributed by atoms with Gasteiger partial charge in [0.25, 0.3) is 0 Å². The second-order valence-electron chi connectivity index (χ2n) is 3.66. The van der Waals surface area contributed by atoms with Crippen molar-refractivity contribution in [2.24, 2.45) is 0 Å². The largest absolute Gasteiger partial charge is 0.382 e. The number of carbonyl (C=O) groups is 1. The summed E-state index contributed by atoms with van der Waals surface area (Å²) in [6, 6.07) is 6.75. The highest BCUT2D eigenvalue weighted by atomic mass is 35.5. The van der Waals surface area contributed by atoms with Crippen LogP contribution in [0.5, 0.6) is 0 Å². The maximum atomic E-state index is 11.6. The van der Waals surface area contributed by atoms with Crippen molar-refractivity contribution in [3.63, 3.8) is 0 Å². The summed E-state index contributed by atoms with van der Waals surface area (Å²) in [5, 5.41) is 11.8. The van der Waals surface area contributed by atoms with Crippen LogP contribution in [0, 0.1) is 11.3 Å². The molecule has 96 valence electrons. The highest BCUT2D eigenvalue weighted by Gasteiger charge is 2.06. The summed E-state index contributed by atoms with van der Waals surface area (Å²) in [7, 11) is 0. The van der Waals surface area contributed by atoms with E-state index in [0.717, 1.165) is 0 Å². The van der Waals surface area contributed by atoms with Crippen LogP contribution in [0.15, 0.2) is 18.2 Å². The Kier molecular flexibility index (Phi) is 6.20. The first-order chi connectivity index (χ1) is 8.67. The fraction of sp³-hybridized carbons (Fsp3) is 0.385. The lowest BCUT2D eigenvalue weighted by Gasteiger charge is -2.07. The van der Waals surface area contributed by atoms with E-state index in [1.54, 1.807) is 12.1 Å². The van der Waals surface area contributed by atoms with Crippen LogP contribution in [0.3, 0.4) is 0 Å². The van der Waals surface area contributed by atoms with E-state index in [1.807, 2.05) is 13.0 Å². The highest BCUT2D eigenvalue weighted by Crippen LogP contribution is 2.22. The van der Waals surface area contributed by atoms with Gasteiger partial charge < -0.3 is 10.1 Å². The van der Waals surface area contributed by atoms with Gasteiger partial charge in [0.1, 0.15) is 0 Å². The Morgan fingerprint density at radius 3 is 2.94 bits per heavy atom. The number of ether oxygens (including phenoxy) is 1. The molecule has 0 bridgehead atoms. The molecule has 5 heteroatoms. The number of anilines is 1. The summed E-state index contributed by atoms with van der Waals surface area (Å²) in [4.78, 5) is 11.6. The van der Waals surface area contributed by atoms with E-state index >= 15 is 0 Å². The average Bonchev–Trinajstić information content (AvgIpc) is 2.37. The number of amides is 1. The smallest absolute Gasteiger partial charge is 0.224 e. The maximum Gasteiger partial charge on any atom is 0.224 e. The topological polar surface area (TPSA) is 62.1 Å². The van der Waals surface area contributed by atoms with E-state index in [0.29, 0.717) is 42.3 Å². The first kappa shape index (κ1) is 14.5. The normalized spacial score (nSPS) is 9.83. The molecule has 1 rings (SSSR count). The number of nitriles is 1. The van der Waals surface area contributed by atoms with E-state index in [9.17, 15) is 4.79 Å². The van der Waals surface area contributed by atoms with Gasteiger partial charge in [-0.15, -0.1) is 0 Å². The van der Waals surface area contributed by atoms with Crippen LogP contribution < -0.4 is 5.32 Å². The number of halogens is 1. The van der Waals surface area contributed by atoms with Crippen molar-refractivity contribution in [1.82, 2.24) is 0 Å². The van der Waals surface area contributed by atoms with Crippen LogP contribution in [0.25, 0.3) is 0 Å². The third-order valence-corrected chi connectivity index (χ3v) is 2.58. The molecule has 0 unspecified atom stereocenters. The van der Waals surface area contributed by atoms with Gasteiger partial charge in [-0.3, -0.25) is 4.79 Å². The number of carbonyl (C=O) groups excluding carboxylic acids is 1. The maximum absolute atomic E-state index is 11.6. The van der Waals surface area contributed by atoms with Crippen molar-refractivity contribution in [2.45, 2.75) is 19.8 Å². The minimum absolute atomic E-state index is 0.110. The molecule has 0 aliphatic carbocycles. The van der Waals surface area contributed by atoms with Crippen LogP contribution in [-0.4, -0.2) is 19.1 Å². The molecule has 0 aliphatic heterocycles. The van der Waals surface area contributed by atoms with Gasteiger partial charge in [-0.25, -0.2) is 0 Å². The van der Waals surface area contributed by atoms with E-state index in [4.69, 9.17) is 21.6 Å². The number of nitrogens with one attached hydrogen (secondary N) is 1. The second-order valence-corrected chi connectivity index (χ2v) is 4.06. The minimum Gasteiger partial charge on any atom is -0.382 e. The summed E-state index contributed by atoms with van der Waals surface area (Å²) < 4.78 is 5.15. The van der Waals surface area contributed by atoms with Crippen LogP contribution in [0.4, 0.5) is 5.69 Å². The third kappa shape index (κ3) is 4.74. The van der Waals surface area contributed by atoms with E-state index < -0.39 is 0 Å². The SMILES string of the molecule is CCOCCCC(=O)Nc1ccc(C#N)cc1Cl. The molecule has 0 heterocycles. The molecule has 0 saturated carbocycles. The first-order valence-corrected chi connectivity index (χ1v) is 6.12. The molecule has 1 aromatic rings. The van der Waals surface area contributed by atoms with Gasteiger partial charge in [-0.05, 0) is 31.5 Å². The van der Waals surface area contributed by atoms with E-state index in [2.05, 4.69) is 5.32 Å². The zero-order chi connectivity index (χ0) is 13.4. The Balaban J connectivity index is 2.47. The molecule has 0 radical (unpaired) electrons. The monoisotopic (exact) mass is 266 g/mol. The van der Waals surface area contributed by atoms with Crippen LogP contribution in [-0.2, 0) is 9.53 Å². The number of benzene rings is 1. The first-order valence-electron chi connectivity index (χ1n) is 5.74. The molecule has 0 spiro atoms. The Bertz CT molecular complexity index is 455. The predicted octanol–water partition coefficient (Wildman–Crippen LogP) is 2.97. The van der Waals surface area contributed by atoms with Crippen molar-refractivity contribution in [1.29, 1.82) is 5.26 Å². The summed E-state index contributed by atoms with van der Waals surface area (Å²) >= 11 is 5.95. The quantitative estimate of drug-likeness (QED) is 0.805. The fourth-order valence-corrected chi connectivity index (χ4v) is 1.61. The number of hydrogen-bond donors (Lipinski definition) is 1. The zero-order valence-corrected chi connectivity index (χ0v) is 11.0. The summed E-state index contributed by atoms with van der Waals surface area (Å²) in [6.45, 7) is 3.14. The van der Waals surface area contributed by atoms with E-state index in [1.165, 1.54) is 6.07 Å². The lowest BCUT2D eigenvalue weighted by molar-refractivity contribution is -0.116. The molecule has 18 heavy (non-hydrogen) atoms. The molecular weight excluding hydrogens is 252 g/mol. The van der Waals surface area contributed by atoms with Crippen LogP contribution in [0.1, 0.15) is 25.3 Å². The molecule has 1 amide bonds. The molecule has 0 aliphatic rings. The molecular formula is C13H15ClN2O2. The van der Waals surface area contributed by atoms with Gasteiger partial charge in [0, 0.05) is 19.6 Å². The fourth-order valence-electron chi connectivity index (χ4n) is 1.38. The molecule has 0 atom stereocenters. The van der Waals surface area contributed by atoms with Gasteiger partial charge in [-0.2, -0.15) is 5.26 Å². The van der Waals surface area contributed by atoms with Gasteiger partial charge in [0.2, 0.25) is 5.91 Å². The number of hydrogen-bond acceptors (Lipinski definition) is 3. The standard InChI is InChI=1S/C13H15ClN2O2/c1-2-18-7-3-4-13(17)16-12-6-5-10(9-15)8-11(12)14/h5-6,8H,2-4,7H2,1H3,(H,16,17). The molecule has 4 nitrogen and oxygen atoms in total. The molecule has 1 N–H and O–H groups in total. The van der Waals surface area contributed by atoms with Crippen LogP contribution in [0.2, 0.25) is 5.02 Å². The Hall–Kier alpha value is -1.57. The summed E-state index contributed by atoms with van der Waals surface area (Å²) in [5.74, 6) is -0.110. The molecule has 0 aromatic heterocycles. The predicted molar refractivity (Wildman–Crippen MR) is 70.5 cm³/mol. The number of rotatable bonds is 6. The summed E-state index contributed by atoms with van der Waals surface area (Å²) in [6.07, 6.45) is 1.06. The van der Waals surface area contributed by atoms with Crippen molar-refractivity contribution in [3.05, 3.63) is 28.8 Å². The molecule has 0 saturated heterocycles. The van der Waals surface area contributed by atoms with Crippen molar-refractivity contribution in [3.8, 4) is 6.07 Å². The highest BCUT2D eigenvalue weighted by molar-refractivity contribution is 6.33. The zero-order valence-electron chi connectivity index (χ0n) is 10.2. The Morgan fingerprint density at radius 1 is 1.56 bits per heavy atom. The van der Waals surface area contributed by atoms with Gasteiger partial charge in [-0.1, -0.05) is 11.6 Å². The van der Waals surface area contributed by atoms with Gasteiger partial charge in [0.05, 0.1) is 22.3 Å². The van der Waals surface area contributed by atoms with Crippen LogP contribution >= 0.6 is 11.6 Å². The average molecular weight is 267 g/mol. The Labute approximate surface area is 112 Å².